The standard InChI is InChI=1S/C22H26N2O5/c1-13-10-16(25)7-8-17(13)20-14(2)21(26)24(22(27)23(20)3)12-15-6-9-18(28-4)19(11-15)29-5/h6-11,22,25,27H,12H2,1-5H3. The number of phenols is 1. The number of aryl methyl sites for hydroxylation is 1. The number of ether oxygens (including phenoxy) is 2. The second kappa shape index (κ2) is 8.05. The second-order valence-electron chi connectivity index (χ2n) is 7.05. The molecule has 1 atom stereocenters. The average Bonchev–Trinajstić information content (AvgIpc) is 2.71. The molecule has 0 radical (unpaired) electrons. The van der Waals surface area contributed by atoms with Crippen molar-refractivity contribution in [2.24, 2.45) is 0 Å². The predicted molar refractivity (Wildman–Crippen MR) is 109 cm³/mol. The van der Waals surface area contributed by atoms with Crippen molar-refractivity contribution in [1.29, 1.82) is 0 Å². The summed E-state index contributed by atoms with van der Waals surface area (Å²) < 4.78 is 10.6. The van der Waals surface area contributed by atoms with E-state index in [1.165, 1.54) is 4.90 Å². The predicted octanol–water partition coefficient (Wildman–Crippen LogP) is 2.70. The van der Waals surface area contributed by atoms with Crippen molar-refractivity contribution in [3.8, 4) is 17.2 Å². The Morgan fingerprint density at radius 1 is 1.03 bits per heavy atom. The summed E-state index contributed by atoms with van der Waals surface area (Å²) in [7, 11) is 4.85. The summed E-state index contributed by atoms with van der Waals surface area (Å²) in [6.45, 7) is 3.81. The minimum absolute atomic E-state index is 0.157. The molecule has 0 aromatic heterocycles. The van der Waals surface area contributed by atoms with Crippen LogP contribution in [0.1, 0.15) is 23.6 Å². The van der Waals surface area contributed by atoms with Crippen LogP contribution in [0.2, 0.25) is 0 Å². The van der Waals surface area contributed by atoms with E-state index in [9.17, 15) is 15.0 Å². The van der Waals surface area contributed by atoms with Gasteiger partial charge in [0.1, 0.15) is 5.75 Å². The molecule has 3 rings (SSSR count). The van der Waals surface area contributed by atoms with Gasteiger partial charge in [-0.15, -0.1) is 0 Å². The van der Waals surface area contributed by atoms with Gasteiger partial charge < -0.3 is 24.6 Å². The first-order valence-electron chi connectivity index (χ1n) is 9.22. The van der Waals surface area contributed by atoms with Gasteiger partial charge in [-0.25, -0.2) is 0 Å². The molecule has 154 valence electrons. The molecule has 2 N–H and O–H groups in total. The molecule has 7 nitrogen and oxygen atoms in total. The van der Waals surface area contributed by atoms with Gasteiger partial charge in [-0.2, -0.15) is 0 Å². The number of carbonyl (C=O) groups excluding carboxylic acids is 1. The van der Waals surface area contributed by atoms with Crippen LogP contribution in [0.4, 0.5) is 0 Å². The number of phenolic OH excluding ortho intramolecular Hbond substituents is 1. The number of aliphatic hydroxyl groups is 1. The number of nitrogens with zero attached hydrogens (tertiary/aromatic N) is 2. The van der Waals surface area contributed by atoms with E-state index in [1.54, 1.807) is 63.4 Å². The number of benzene rings is 2. The number of rotatable bonds is 5. The van der Waals surface area contributed by atoms with Gasteiger partial charge in [0.25, 0.3) is 5.91 Å². The van der Waals surface area contributed by atoms with E-state index in [2.05, 4.69) is 0 Å². The molecule has 1 aliphatic heterocycles. The van der Waals surface area contributed by atoms with Crippen molar-refractivity contribution in [2.45, 2.75) is 26.7 Å². The van der Waals surface area contributed by atoms with Gasteiger partial charge in [-0.05, 0) is 55.3 Å². The SMILES string of the molecule is COc1ccc(CN2C(=O)C(C)=C(c3ccc(O)cc3C)N(C)C2O)cc1OC. The molecule has 1 unspecified atom stereocenters. The summed E-state index contributed by atoms with van der Waals surface area (Å²) in [5.74, 6) is 1.06. The van der Waals surface area contributed by atoms with E-state index < -0.39 is 6.35 Å². The smallest absolute Gasteiger partial charge is 0.255 e. The molecule has 0 spiro atoms. The molecule has 0 aliphatic carbocycles. The van der Waals surface area contributed by atoms with Gasteiger partial charge in [0.05, 0.1) is 26.5 Å². The zero-order chi connectivity index (χ0) is 21.3. The molecule has 2 aromatic rings. The summed E-state index contributed by atoms with van der Waals surface area (Å²) in [5.41, 5.74) is 3.58. The highest BCUT2D eigenvalue weighted by Crippen LogP contribution is 2.34. The van der Waals surface area contributed by atoms with Gasteiger partial charge in [0, 0.05) is 18.2 Å². The topological polar surface area (TPSA) is 82.5 Å². The number of hydrogen-bond donors (Lipinski definition) is 2. The Hall–Kier alpha value is -3.19. The van der Waals surface area contributed by atoms with E-state index in [0.717, 1.165) is 16.7 Å². The zero-order valence-corrected chi connectivity index (χ0v) is 17.3. The molecule has 0 fully saturated rings. The Balaban J connectivity index is 1.96. The summed E-state index contributed by atoms with van der Waals surface area (Å²) in [4.78, 5) is 16.2. The van der Waals surface area contributed by atoms with Crippen LogP contribution in [0.3, 0.4) is 0 Å². The maximum Gasteiger partial charge on any atom is 0.255 e. The summed E-state index contributed by atoms with van der Waals surface area (Å²) in [6, 6.07) is 10.4. The molecular formula is C22H26N2O5. The van der Waals surface area contributed by atoms with Crippen molar-refractivity contribution in [2.75, 3.05) is 21.3 Å². The fourth-order valence-corrected chi connectivity index (χ4v) is 3.65. The number of methoxy groups -OCH3 is 2. The summed E-state index contributed by atoms with van der Waals surface area (Å²) in [5, 5.41) is 20.6. The van der Waals surface area contributed by atoms with Crippen molar-refractivity contribution in [1.82, 2.24) is 9.80 Å². The van der Waals surface area contributed by atoms with Crippen molar-refractivity contribution >= 4 is 11.6 Å². The van der Waals surface area contributed by atoms with Crippen molar-refractivity contribution in [3.05, 3.63) is 58.7 Å². The highest BCUT2D eigenvalue weighted by atomic mass is 16.5. The largest absolute Gasteiger partial charge is 0.508 e. The van der Waals surface area contributed by atoms with E-state index in [0.29, 0.717) is 22.8 Å². The third-order valence-electron chi connectivity index (χ3n) is 5.18. The molecule has 0 saturated heterocycles. The monoisotopic (exact) mass is 398 g/mol. The molecule has 0 bridgehead atoms. The molecule has 1 aliphatic rings. The third-order valence-corrected chi connectivity index (χ3v) is 5.18. The first kappa shape index (κ1) is 20.5. The van der Waals surface area contributed by atoms with Crippen LogP contribution >= 0.6 is 0 Å². The Morgan fingerprint density at radius 2 is 1.72 bits per heavy atom. The van der Waals surface area contributed by atoms with Gasteiger partial charge >= 0.3 is 0 Å². The average molecular weight is 398 g/mol. The lowest BCUT2D eigenvalue weighted by Gasteiger charge is -2.42. The van der Waals surface area contributed by atoms with Crippen LogP contribution in [0.15, 0.2) is 42.0 Å². The van der Waals surface area contributed by atoms with Crippen LogP contribution in [0.5, 0.6) is 17.2 Å². The molecule has 1 heterocycles. The number of aliphatic hydroxyl groups excluding tert-OH is 1. The fourth-order valence-electron chi connectivity index (χ4n) is 3.65. The molecule has 29 heavy (non-hydrogen) atoms. The van der Waals surface area contributed by atoms with Gasteiger partial charge in [-0.3, -0.25) is 9.69 Å². The zero-order valence-electron chi connectivity index (χ0n) is 17.3. The first-order valence-corrected chi connectivity index (χ1v) is 9.22. The molecule has 2 aromatic carbocycles. The lowest BCUT2D eigenvalue weighted by atomic mass is 9.98. The van der Waals surface area contributed by atoms with E-state index in [1.807, 2.05) is 13.0 Å². The lowest BCUT2D eigenvalue weighted by molar-refractivity contribution is -0.151. The van der Waals surface area contributed by atoms with Crippen LogP contribution in [0.25, 0.3) is 5.70 Å². The number of aromatic hydroxyl groups is 1. The minimum atomic E-state index is -1.14. The Morgan fingerprint density at radius 3 is 2.34 bits per heavy atom. The second-order valence-corrected chi connectivity index (χ2v) is 7.05. The highest BCUT2D eigenvalue weighted by Gasteiger charge is 2.35. The minimum Gasteiger partial charge on any atom is -0.508 e. The highest BCUT2D eigenvalue weighted by molar-refractivity contribution is 6.02. The van der Waals surface area contributed by atoms with Gasteiger partial charge in [-0.1, -0.05) is 6.07 Å². The molecular weight excluding hydrogens is 372 g/mol. The van der Waals surface area contributed by atoms with Crippen LogP contribution in [-0.2, 0) is 11.3 Å². The quantitative estimate of drug-likeness (QED) is 0.806. The summed E-state index contributed by atoms with van der Waals surface area (Å²) >= 11 is 0. The third kappa shape index (κ3) is 3.73. The Kier molecular flexibility index (Phi) is 5.70. The van der Waals surface area contributed by atoms with Gasteiger partial charge in [0.15, 0.2) is 11.5 Å². The van der Waals surface area contributed by atoms with E-state index in [-0.39, 0.29) is 18.2 Å². The first-order chi connectivity index (χ1) is 13.8. The molecule has 7 heteroatoms. The number of carbonyl (C=O) groups is 1. The van der Waals surface area contributed by atoms with E-state index in [4.69, 9.17) is 9.47 Å². The number of hydrogen-bond acceptors (Lipinski definition) is 6. The Labute approximate surface area is 170 Å². The number of amides is 1. The molecule has 1 amide bonds. The van der Waals surface area contributed by atoms with Crippen molar-refractivity contribution in [3.63, 3.8) is 0 Å². The fraction of sp³-hybridized carbons (Fsp3) is 0.318. The van der Waals surface area contributed by atoms with Crippen LogP contribution < -0.4 is 9.47 Å². The lowest BCUT2D eigenvalue weighted by Crippen LogP contribution is -2.52. The van der Waals surface area contributed by atoms with Crippen molar-refractivity contribution < 1.29 is 24.5 Å². The Bertz CT molecular complexity index is 970. The summed E-state index contributed by atoms with van der Waals surface area (Å²) in [6.07, 6.45) is -1.14. The van der Waals surface area contributed by atoms with Gasteiger partial charge in [0.2, 0.25) is 6.35 Å². The maximum absolute atomic E-state index is 13.1. The maximum atomic E-state index is 13.1. The molecule has 0 saturated carbocycles. The van der Waals surface area contributed by atoms with Crippen LogP contribution in [-0.4, -0.2) is 53.5 Å². The van der Waals surface area contributed by atoms with E-state index >= 15 is 0 Å². The normalized spacial score (nSPS) is 17.0. The van der Waals surface area contributed by atoms with Crippen LogP contribution in [0, 0.1) is 6.92 Å².